The standard InChI is InChI=1S/C16H23ClN4O3S.HI/c1-18-16(21-14-10-12-5-6-15(14)24-12)19-7-8-20-25(22,23)13-4-2-3-11(17)9-13;/h2-4,9,12,14-15,20H,5-8,10H2,1H3,(H2,18,19,21);1H. The molecule has 0 amide bonds. The summed E-state index contributed by atoms with van der Waals surface area (Å²) in [5, 5.41) is 6.86. The molecular formula is C16H24ClIN4O3S. The van der Waals surface area contributed by atoms with Gasteiger partial charge >= 0.3 is 0 Å². The summed E-state index contributed by atoms with van der Waals surface area (Å²) in [4.78, 5) is 4.34. The lowest BCUT2D eigenvalue weighted by Gasteiger charge is -2.22. The lowest BCUT2D eigenvalue weighted by atomic mass is 9.96. The third-order valence-corrected chi connectivity index (χ3v) is 6.16. The molecule has 7 nitrogen and oxygen atoms in total. The summed E-state index contributed by atoms with van der Waals surface area (Å²) in [6.45, 7) is 0.657. The number of benzene rings is 1. The van der Waals surface area contributed by atoms with E-state index in [0.29, 0.717) is 23.6 Å². The maximum atomic E-state index is 12.2. The normalized spacial score (nSPS) is 25.0. The number of hydrogen-bond donors (Lipinski definition) is 3. The number of guanidine groups is 1. The Bertz CT molecular complexity index is 747. The van der Waals surface area contributed by atoms with Gasteiger partial charge in [-0.15, -0.1) is 24.0 Å². The fourth-order valence-corrected chi connectivity index (χ4v) is 4.58. The van der Waals surface area contributed by atoms with Crippen molar-refractivity contribution in [3.63, 3.8) is 0 Å². The van der Waals surface area contributed by atoms with Crippen LogP contribution in [-0.4, -0.2) is 52.8 Å². The van der Waals surface area contributed by atoms with Gasteiger partial charge in [0, 0.05) is 25.2 Å². The predicted molar refractivity (Wildman–Crippen MR) is 113 cm³/mol. The molecule has 2 aliphatic rings. The highest BCUT2D eigenvalue weighted by Crippen LogP contribution is 2.34. The Morgan fingerprint density at radius 2 is 2.15 bits per heavy atom. The number of nitrogens with zero attached hydrogens (tertiary/aromatic N) is 1. The molecule has 2 heterocycles. The van der Waals surface area contributed by atoms with Gasteiger partial charge in [-0.2, -0.15) is 0 Å². The van der Waals surface area contributed by atoms with Crippen LogP contribution in [0, 0.1) is 0 Å². The summed E-state index contributed by atoms with van der Waals surface area (Å²) < 4.78 is 32.8. The Labute approximate surface area is 176 Å². The van der Waals surface area contributed by atoms with Crippen LogP contribution in [0.15, 0.2) is 34.2 Å². The molecule has 10 heteroatoms. The summed E-state index contributed by atoms with van der Waals surface area (Å²) in [5.41, 5.74) is 0. The Hall–Kier alpha value is -0.620. The van der Waals surface area contributed by atoms with Crippen molar-refractivity contribution in [1.82, 2.24) is 15.4 Å². The summed E-state index contributed by atoms with van der Waals surface area (Å²) >= 11 is 5.84. The van der Waals surface area contributed by atoms with Crippen LogP contribution in [0.25, 0.3) is 0 Å². The van der Waals surface area contributed by atoms with Gasteiger partial charge in [0.2, 0.25) is 10.0 Å². The molecule has 146 valence electrons. The molecular weight excluding hydrogens is 491 g/mol. The van der Waals surface area contributed by atoms with Crippen molar-refractivity contribution in [3.8, 4) is 0 Å². The first-order valence-electron chi connectivity index (χ1n) is 8.36. The number of sulfonamides is 1. The van der Waals surface area contributed by atoms with Gasteiger partial charge in [0.25, 0.3) is 0 Å². The second-order valence-electron chi connectivity index (χ2n) is 6.21. The predicted octanol–water partition coefficient (Wildman–Crippen LogP) is 1.72. The topological polar surface area (TPSA) is 91.8 Å². The quantitative estimate of drug-likeness (QED) is 0.233. The largest absolute Gasteiger partial charge is 0.373 e. The van der Waals surface area contributed by atoms with E-state index in [9.17, 15) is 8.42 Å². The van der Waals surface area contributed by atoms with Crippen molar-refractivity contribution < 1.29 is 13.2 Å². The van der Waals surface area contributed by atoms with Gasteiger partial charge in [-0.25, -0.2) is 13.1 Å². The van der Waals surface area contributed by atoms with Gasteiger partial charge in [-0.05, 0) is 37.5 Å². The molecule has 1 aromatic rings. The molecule has 2 saturated heterocycles. The minimum atomic E-state index is -3.57. The number of rotatable bonds is 6. The molecule has 3 atom stereocenters. The van der Waals surface area contributed by atoms with Crippen LogP contribution in [0.4, 0.5) is 0 Å². The van der Waals surface area contributed by atoms with Crippen LogP contribution in [0.3, 0.4) is 0 Å². The van der Waals surface area contributed by atoms with E-state index in [4.69, 9.17) is 16.3 Å². The maximum Gasteiger partial charge on any atom is 0.240 e. The molecule has 0 aliphatic carbocycles. The highest BCUT2D eigenvalue weighted by molar-refractivity contribution is 14.0. The molecule has 26 heavy (non-hydrogen) atoms. The summed E-state index contributed by atoms with van der Waals surface area (Å²) in [5.74, 6) is 0.656. The first-order chi connectivity index (χ1) is 12.0. The molecule has 3 N–H and O–H groups in total. The molecule has 0 aromatic heterocycles. The number of fused-ring (bicyclic) bond motifs is 2. The Kier molecular flexibility index (Phi) is 7.95. The van der Waals surface area contributed by atoms with E-state index in [1.807, 2.05) is 0 Å². The van der Waals surface area contributed by atoms with Crippen molar-refractivity contribution in [1.29, 1.82) is 0 Å². The monoisotopic (exact) mass is 514 g/mol. The Morgan fingerprint density at radius 1 is 1.35 bits per heavy atom. The highest BCUT2D eigenvalue weighted by atomic mass is 127. The van der Waals surface area contributed by atoms with Gasteiger partial charge in [0.1, 0.15) is 0 Å². The Morgan fingerprint density at radius 3 is 2.77 bits per heavy atom. The fourth-order valence-electron chi connectivity index (χ4n) is 3.24. The zero-order valence-electron chi connectivity index (χ0n) is 14.4. The van der Waals surface area contributed by atoms with Crippen LogP contribution in [0.5, 0.6) is 0 Å². The molecule has 2 bridgehead atoms. The maximum absolute atomic E-state index is 12.2. The van der Waals surface area contributed by atoms with E-state index in [-0.39, 0.29) is 47.6 Å². The number of halogens is 2. The number of hydrogen-bond acceptors (Lipinski definition) is 4. The van der Waals surface area contributed by atoms with Crippen molar-refractivity contribution >= 4 is 51.6 Å². The second-order valence-corrected chi connectivity index (χ2v) is 8.42. The zero-order valence-corrected chi connectivity index (χ0v) is 18.3. The first-order valence-corrected chi connectivity index (χ1v) is 10.2. The molecule has 2 fully saturated rings. The van der Waals surface area contributed by atoms with E-state index in [1.54, 1.807) is 19.2 Å². The van der Waals surface area contributed by atoms with Crippen molar-refractivity contribution in [2.24, 2.45) is 4.99 Å². The van der Waals surface area contributed by atoms with Crippen molar-refractivity contribution in [3.05, 3.63) is 29.3 Å². The third kappa shape index (κ3) is 5.44. The fraction of sp³-hybridized carbons (Fsp3) is 0.562. The number of nitrogens with one attached hydrogen (secondary N) is 3. The summed E-state index contributed by atoms with van der Waals surface area (Å²) in [6.07, 6.45) is 3.83. The van der Waals surface area contributed by atoms with Crippen LogP contribution in [0.1, 0.15) is 19.3 Å². The molecule has 1 aromatic carbocycles. The van der Waals surface area contributed by atoms with E-state index in [0.717, 1.165) is 19.3 Å². The van der Waals surface area contributed by atoms with E-state index < -0.39 is 10.0 Å². The SMILES string of the molecule is CN=C(NCCNS(=O)(=O)c1cccc(Cl)c1)NC1CC2CCC1O2.I. The first kappa shape index (κ1) is 21.7. The minimum absolute atomic E-state index is 0. The van der Waals surface area contributed by atoms with Gasteiger partial charge < -0.3 is 15.4 Å². The van der Waals surface area contributed by atoms with Crippen molar-refractivity contribution in [2.45, 2.75) is 42.4 Å². The van der Waals surface area contributed by atoms with Crippen LogP contribution in [-0.2, 0) is 14.8 Å². The van der Waals surface area contributed by atoms with E-state index in [2.05, 4.69) is 20.3 Å². The van der Waals surface area contributed by atoms with E-state index >= 15 is 0 Å². The molecule has 2 aliphatic heterocycles. The lowest BCUT2D eigenvalue weighted by molar-refractivity contribution is 0.0992. The van der Waals surface area contributed by atoms with Crippen molar-refractivity contribution in [2.75, 3.05) is 20.1 Å². The number of aliphatic imine (C=N–C) groups is 1. The summed E-state index contributed by atoms with van der Waals surface area (Å²) in [6, 6.07) is 6.45. The van der Waals surface area contributed by atoms with Gasteiger partial charge in [-0.3, -0.25) is 4.99 Å². The second kappa shape index (κ2) is 9.54. The molecule has 3 rings (SSSR count). The average molecular weight is 515 g/mol. The molecule has 3 unspecified atom stereocenters. The van der Waals surface area contributed by atoms with E-state index in [1.165, 1.54) is 12.1 Å². The van der Waals surface area contributed by atoms with Gasteiger partial charge in [0.15, 0.2) is 5.96 Å². The van der Waals surface area contributed by atoms with Crippen LogP contribution < -0.4 is 15.4 Å². The zero-order chi connectivity index (χ0) is 17.9. The van der Waals surface area contributed by atoms with Gasteiger partial charge in [-0.1, -0.05) is 17.7 Å². The highest BCUT2D eigenvalue weighted by Gasteiger charge is 2.41. The van der Waals surface area contributed by atoms with Gasteiger partial charge in [0.05, 0.1) is 23.1 Å². The molecule has 0 saturated carbocycles. The third-order valence-electron chi connectivity index (χ3n) is 4.47. The molecule has 0 radical (unpaired) electrons. The minimum Gasteiger partial charge on any atom is -0.373 e. The number of ether oxygens (including phenoxy) is 1. The lowest BCUT2D eigenvalue weighted by Crippen LogP contribution is -2.48. The smallest absolute Gasteiger partial charge is 0.240 e. The average Bonchev–Trinajstić information content (AvgIpc) is 3.20. The van der Waals surface area contributed by atoms with Crippen LogP contribution >= 0.6 is 35.6 Å². The summed E-state index contributed by atoms with van der Waals surface area (Å²) in [7, 11) is -1.88. The Balaban J connectivity index is 0.00000243. The van der Waals surface area contributed by atoms with Crippen LogP contribution in [0.2, 0.25) is 5.02 Å². The molecule has 0 spiro atoms.